The molecule has 2 aliphatic heterocycles. The van der Waals surface area contributed by atoms with Gasteiger partial charge in [-0.05, 0) is 25.0 Å². The molecule has 1 fully saturated rings. The first-order valence-corrected chi connectivity index (χ1v) is 6.08. The fourth-order valence-electron chi connectivity index (χ4n) is 3.14. The van der Waals surface area contributed by atoms with Crippen molar-refractivity contribution in [3.8, 4) is 0 Å². The molecular weight excluding hydrogens is 198 g/mol. The van der Waals surface area contributed by atoms with Crippen LogP contribution >= 0.6 is 0 Å². The van der Waals surface area contributed by atoms with E-state index in [1.165, 1.54) is 11.3 Å². The summed E-state index contributed by atoms with van der Waals surface area (Å²) in [6.45, 7) is 8.79. The quantitative estimate of drug-likeness (QED) is 0.662. The predicted octanol–water partition coefficient (Wildman–Crippen LogP) is 2.92. The Kier molecular flexibility index (Phi) is 1.91. The number of hydrogen-bond donors (Lipinski definition) is 0. The van der Waals surface area contributed by atoms with Gasteiger partial charge in [0, 0.05) is 17.6 Å². The van der Waals surface area contributed by atoms with Crippen LogP contribution in [0.3, 0.4) is 0 Å². The second-order valence-corrected chi connectivity index (χ2v) is 5.48. The number of para-hydroxylation sites is 1. The maximum Gasteiger partial charge on any atom is 0.147 e. The van der Waals surface area contributed by atoms with Crippen LogP contribution < -0.4 is 4.90 Å². The van der Waals surface area contributed by atoms with Crippen molar-refractivity contribution in [3.63, 3.8) is 0 Å². The van der Waals surface area contributed by atoms with Crippen LogP contribution in [-0.4, -0.2) is 18.9 Å². The van der Waals surface area contributed by atoms with Gasteiger partial charge in [0.2, 0.25) is 0 Å². The Morgan fingerprint density at radius 3 is 2.75 bits per heavy atom. The second-order valence-electron chi connectivity index (χ2n) is 5.48. The SMILES string of the molecule is CC1(C)c2ccccc2N2CCCOC21C. The molecule has 2 aliphatic rings. The van der Waals surface area contributed by atoms with Crippen LogP contribution in [0.1, 0.15) is 32.8 Å². The smallest absolute Gasteiger partial charge is 0.147 e. The van der Waals surface area contributed by atoms with Gasteiger partial charge < -0.3 is 9.64 Å². The average molecular weight is 217 g/mol. The third-order valence-electron chi connectivity index (χ3n) is 4.45. The molecule has 0 amide bonds. The van der Waals surface area contributed by atoms with Crippen molar-refractivity contribution in [2.24, 2.45) is 0 Å². The van der Waals surface area contributed by atoms with Crippen LogP contribution in [0.25, 0.3) is 0 Å². The molecule has 1 unspecified atom stereocenters. The van der Waals surface area contributed by atoms with E-state index in [4.69, 9.17) is 4.74 Å². The molecule has 16 heavy (non-hydrogen) atoms. The normalized spacial score (nSPS) is 31.1. The summed E-state index contributed by atoms with van der Waals surface area (Å²) in [5.74, 6) is 0. The Hall–Kier alpha value is -1.02. The second kappa shape index (κ2) is 3.01. The summed E-state index contributed by atoms with van der Waals surface area (Å²) in [4.78, 5) is 2.44. The summed E-state index contributed by atoms with van der Waals surface area (Å²) in [5.41, 5.74) is 2.66. The molecule has 86 valence electrons. The molecule has 1 atom stereocenters. The minimum atomic E-state index is -0.172. The molecule has 1 saturated heterocycles. The summed E-state index contributed by atoms with van der Waals surface area (Å²) >= 11 is 0. The lowest BCUT2D eigenvalue weighted by atomic mass is 9.78. The summed E-state index contributed by atoms with van der Waals surface area (Å²) in [6, 6.07) is 8.71. The molecule has 0 aliphatic carbocycles. The van der Waals surface area contributed by atoms with E-state index in [1.807, 2.05) is 0 Å². The minimum absolute atomic E-state index is 0.0595. The van der Waals surface area contributed by atoms with Crippen molar-refractivity contribution in [2.45, 2.75) is 38.3 Å². The zero-order valence-corrected chi connectivity index (χ0v) is 10.3. The molecule has 2 heterocycles. The molecule has 2 nitrogen and oxygen atoms in total. The van der Waals surface area contributed by atoms with Gasteiger partial charge in [-0.1, -0.05) is 32.0 Å². The van der Waals surface area contributed by atoms with Crippen LogP contribution in [-0.2, 0) is 10.2 Å². The summed E-state index contributed by atoms with van der Waals surface area (Å²) in [7, 11) is 0. The lowest BCUT2D eigenvalue weighted by Gasteiger charge is -2.47. The topological polar surface area (TPSA) is 12.5 Å². The Labute approximate surface area is 97.2 Å². The fraction of sp³-hybridized carbons (Fsp3) is 0.571. The molecule has 0 spiro atoms. The molecule has 0 bridgehead atoms. The Balaban J connectivity index is 2.21. The highest BCUT2D eigenvalue weighted by molar-refractivity contribution is 5.65. The van der Waals surface area contributed by atoms with Gasteiger partial charge in [-0.2, -0.15) is 0 Å². The van der Waals surface area contributed by atoms with E-state index in [9.17, 15) is 0 Å². The maximum absolute atomic E-state index is 6.11. The van der Waals surface area contributed by atoms with Crippen molar-refractivity contribution in [2.75, 3.05) is 18.1 Å². The van der Waals surface area contributed by atoms with E-state index in [2.05, 4.69) is 49.9 Å². The Morgan fingerprint density at radius 2 is 1.94 bits per heavy atom. The van der Waals surface area contributed by atoms with Crippen molar-refractivity contribution in [1.82, 2.24) is 0 Å². The average Bonchev–Trinajstić information content (AvgIpc) is 2.46. The van der Waals surface area contributed by atoms with Crippen LogP contribution in [0, 0.1) is 0 Å². The van der Waals surface area contributed by atoms with Crippen molar-refractivity contribution in [3.05, 3.63) is 29.8 Å². The van der Waals surface area contributed by atoms with Gasteiger partial charge >= 0.3 is 0 Å². The standard InChI is InChI=1S/C14H19NO/c1-13(2)11-7-4-5-8-12(11)15-9-6-10-16-14(13,15)3/h4-5,7-8H,6,9-10H2,1-3H3. The lowest BCUT2D eigenvalue weighted by Crippen LogP contribution is -2.58. The van der Waals surface area contributed by atoms with Gasteiger partial charge in [0.1, 0.15) is 5.72 Å². The highest BCUT2D eigenvalue weighted by Gasteiger charge is 2.55. The number of hydrogen-bond acceptors (Lipinski definition) is 2. The monoisotopic (exact) mass is 217 g/mol. The van der Waals surface area contributed by atoms with E-state index in [0.717, 1.165) is 19.6 Å². The van der Waals surface area contributed by atoms with Crippen molar-refractivity contribution >= 4 is 5.69 Å². The van der Waals surface area contributed by atoms with Gasteiger partial charge in [-0.3, -0.25) is 0 Å². The number of ether oxygens (including phenoxy) is 1. The number of fused-ring (bicyclic) bond motifs is 3. The van der Waals surface area contributed by atoms with Crippen LogP contribution in [0.4, 0.5) is 5.69 Å². The van der Waals surface area contributed by atoms with Gasteiger partial charge in [-0.25, -0.2) is 0 Å². The number of anilines is 1. The molecular formula is C14H19NO. The fourth-order valence-corrected chi connectivity index (χ4v) is 3.14. The highest BCUT2D eigenvalue weighted by Crippen LogP contribution is 2.53. The molecule has 1 aromatic carbocycles. The number of rotatable bonds is 0. The number of benzene rings is 1. The van der Waals surface area contributed by atoms with Gasteiger partial charge in [-0.15, -0.1) is 0 Å². The summed E-state index contributed by atoms with van der Waals surface area (Å²) < 4.78 is 6.11. The zero-order chi connectivity index (χ0) is 11.4. The zero-order valence-electron chi connectivity index (χ0n) is 10.3. The molecule has 1 aromatic rings. The Morgan fingerprint density at radius 1 is 1.19 bits per heavy atom. The highest BCUT2D eigenvalue weighted by atomic mass is 16.5. The molecule has 2 heteroatoms. The molecule has 0 radical (unpaired) electrons. The first-order chi connectivity index (χ1) is 7.57. The van der Waals surface area contributed by atoms with E-state index in [1.54, 1.807) is 0 Å². The summed E-state index contributed by atoms with van der Waals surface area (Å²) in [5, 5.41) is 0. The van der Waals surface area contributed by atoms with E-state index in [-0.39, 0.29) is 11.1 Å². The van der Waals surface area contributed by atoms with Crippen LogP contribution in [0.2, 0.25) is 0 Å². The van der Waals surface area contributed by atoms with E-state index >= 15 is 0 Å². The van der Waals surface area contributed by atoms with Crippen molar-refractivity contribution < 1.29 is 4.74 Å². The Bertz CT molecular complexity index is 426. The molecule has 3 rings (SSSR count). The van der Waals surface area contributed by atoms with Gasteiger partial charge in [0.05, 0.1) is 6.61 Å². The largest absolute Gasteiger partial charge is 0.355 e. The van der Waals surface area contributed by atoms with Crippen LogP contribution in [0.5, 0.6) is 0 Å². The van der Waals surface area contributed by atoms with E-state index < -0.39 is 0 Å². The first kappa shape index (κ1) is 10.2. The molecule has 0 aromatic heterocycles. The lowest BCUT2D eigenvalue weighted by molar-refractivity contribution is -0.0909. The minimum Gasteiger partial charge on any atom is -0.355 e. The van der Waals surface area contributed by atoms with Gasteiger partial charge in [0.25, 0.3) is 0 Å². The first-order valence-electron chi connectivity index (χ1n) is 6.08. The number of nitrogens with zero attached hydrogens (tertiary/aromatic N) is 1. The van der Waals surface area contributed by atoms with Crippen LogP contribution in [0.15, 0.2) is 24.3 Å². The van der Waals surface area contributed by atoms with Gasteiger partial charge in [0.15, 0.2) is 0 Å². The maximum atomic E-state index is 6.11. The van der Waals surface area contributed by atoms with Crippen molar-refractivity contribution in [1.29, 1.82) is 0 Å². The third-order valence-corrected chi connectivity index (χ3v) is 4.45. The third kappa shape index (κ3) is 1.01. The van der Waals surface area contributed by atoms with E-state index in [0.29, 0.717) is 0 Å². The summed E-state index contributed by atoms with van der Waals surface area (Å²) in [6.07, 6.45) is 1.13. The molecule has 0 saturated carbocycles. The molecule has 0 N–H and O–H groups in total. The predicted molar refractivity (Wildman–Crippen MR) is 65.8 cm³/mol.